The lowest BCUT2D eigenvalue weighted by molar-refractivity contribution is 0.282. The van der Waals surface area contributed by atoms with Crippen molar-refractivity contribution in [1.82, 2.24) is 15.5 Å². The van der Waals surface area contributed by atoms with Crippen molar-refractivity contribution in [2.75, 3.05) is 54.0 Å². The largest absolute Gasteiger partial charge is 0.493 e. The highest BCUT2D eigenvalue weighted by Crippen LogP contribution is 2.27. The summed E-state index contributed by atoms with van der Waals surface area (Å²) in [6.07, 6.45) is 7.54. The second-order valence-electron chi connectivity index (χ2n) is 6.97. The molecule has 0 bridgehead atoms. The van der Waals surface area contributed by atoms with Crippen molar-refractivity contribution in [2.24, 2.45) is 4.99 Å². The van der Waals surface area contributed by atoms with Crippen molar-refractivity contribution in [3.8, 4) is 11.5 Å². The van der Waals surface area contributed by atoms with Gasteiger partial charge in [0.2, 0.25) is 0 Å². The Bertz CT molecular complexity index is 569. The average molecular weight is 377 g/mol. The highest BCUT2D eigenvalue weighted by Gasteiger charge is 2.08. The summed E-state index contributed by atoms with van der Waals surface area (Å²) in [6, 6.07) is 6.04. The van der Waals surface area contributed by atoms with Gasteiger partial charge < -0.3 is 25.0 Å². The number of ether oxygens (including phenoxy) is 2. The molecular formula is C21H36N4O2. The minimum Gasteiger partial charge on any atom is -0.493 e. The van der Waals surface area contributed by atoms with Gasteiger partial charge in [-0.1, -0.05) is 18.9 Å². The van der Waals surface area contributed by atoms with Crippen molar-refractivity contribution < 1.29 is 9.47 Å². The lowest BCUT2D eigenvalue weighted by Crippen LogP contribution is -2.39. The van der Waals surface area contributed by atoms with Gasteiger partial charge >= 0.3 is 0 Å². The van der Waals surface area contributed by atoms with Crippen LogP contribution in [0.1, 0.15) is 37.7 Å². The normalized spacial score (nSPS) is 15.9. The third kappa shape index (κ3) is 7.67. The molecule has 1 aliphatic heterocycles. The van der Waals surface area contributed by atoms with E-state index in [1.165, 1.54) is 50.9 Å². The van der Waals surface area contributed by atoms with Gasteiger partial charge in [0.05, 0.1) is 14.2 Å². The van der Waals surface area contributed by atoms with Gasteiger partial charge in [0, 0.05) is 20.1 Å². The van der Waals surface area contributed by atoms with E-state index in [0.717, 1.165) is 43.4 Å². The summed E-state index contributed by atoms with van der Waals surface area (Å²) in [5.74, 6) is 2.40. The Morgan fingerprint density at radius 1 is 1.00 bits per heavy atom. The number of nitrogens with zero attached hydrogens (tertiary/aromatic N) is 2. The fourth-order valence-corrected chi connectivity index (χ4v) is 3.45. The summed E-state index contributed by atoms with van der Waals surface area (Å²) in [4.78, 5) is 6.91. The fraction of sp³-hybridized carbons (Fsp3) is 0.667. The summed E-state index contributed by atoms with van der Waals surface area (Å²) < 4.78 is 10.6. The first kappa shape index (κ1) is 21.4. The summed E-state index contributed by atoms with van der Waals surface area (Å²) >= 11 is 0. The lowest BCUT2D eigenvalue weighted by Gasteiger charge is -2.20. The molecule has 0 aromatic heterocycles. The number of nitrogens with one attached hydrogen (secondary N) is 2. The molecule has 1 aromatic rings. The minimum absolute atomic E-state index is 0.760. The summed E-state index contributed by atoms with van der Waals surface area (Å²) in [7, 11) is 5.14. The van der Waals surface area contributed by atoms with Gasteiger partial charge in [0.25, 0.3) is 0 Å². The maximum atomic E-state index is 5.36. The molecule has 0 spiro atoms. The van der Waals surface area contributed by atoms with Gasteiger partial charge in [-0.05, 0) is 63.0 Å². The van der Waals surface area contributed by atoms with E-state index in [-0.39, 0.29) is 0 Å². The Hall–Kier alpha value is -1.95. The standard InChI is InChI=1S/C21H36N4O2/c1-22-21(23-12-8-16-25-14-6-4-5-7-15-25)24-13-11-18-9-10-19(26-2)20(17-18)27-3/h9-10,17H,4-8,11-16H2,1-3H3,(H2,22,23,24). The molecule has 0 radical (unpaired) electrons. The molecular weight excluding hydrogens is 340 g/mol. The van der Waals surface area contributed by atoms with E-state index in [2.05, 4.69) is 26.6 Å². The van der Waals surface area contributed by atoms with Crippen LogP contribution in [0.5, 0.6) is 11.5 Å². The van der Waals surface area contributed by atoms with E-state index in [1.807, 2.05) is 19.2 Å². The van der Waals surface area contributed by atoms with Crippen molar-refractivity contribution in [3.63, 3.8) is 0 Å². The van der Waals surface area contributed by atoms with Crippen LogP contribution in [-0.2, 0) is 6.42 Å². The average Bonchev–Trinajstić information content (AvgIpc) is 2.98. The number of hydrogen-bond donors (Lipinski definition) is 2. The van der Waals surface area contributed by atoms with Crippen molar-refractivity contribution in [3.05, 3.63) is 23.8 Å². The van der Waals surface area contributed by atoms with Gasteiger partial charge in [-0.2, -0.15) is 0 Å². The second kappa shape index (κ2) is 12.4. The molecule has 0 unspecified atom stereocenters. The molecule has 0 atom stereocenters. The molecule has 0 aliphatic carbocycles. The summed E-state index contributed by atoms with van der Waals surface area (Å²) in [6.45, 7) is 5.47. The highest BCUT2D eigenvalue weighted by atomic mass is 16.5. The zero-order chi connectivity index (χ0) is 19.3. The summed E-state index contributed by atoms with van der Waals surface area (Å²) in [5, 5.41) is 6.80. The predicted molar refractivity (Wildman–Crippen MR) is 112 cm³/mol. The first-order chi connectivity index (χ1) is 13.3. The van der Waals surface area contributed by atoms with E-state index in [0.29, 0.717) is 0 Å². The van der Waals surface area contributed by atoms with Crippen molar-refractivity contribution in [1.29, 1.82) is 0 Å². The third-order valence-corrected chi connectivity index (χ3v) is 5.02. The summed E-state index contributed by atoms with van der Waals surface area (Å²) in [5.41, 5.74) is 1.21. The van der Waals surface area contributed by atoms with Gasteiger partial charge in [-0.25, -0.2) is 0 Å². The SMILES string of the molecule is CN=C(NCCCN1CCCCCC1)NCCc1ccc(OC)c(OC)c1. The lowest BCUT2D eigenvalue weighted by atomic mass is 10.1. The van der Waals surface area contributed by atoms with E-state index < -0.39 is 0 Å². The number of rotatable bonds is 9. The van der Waals surface area contributed by atoms with E-state index >= 15 is 0 Å². The van der Waals surface area contributed by atoms with Crippen LogP contribution in [0.15, 0.2) is 23.2 Å². The van der Waals surface area contributed by atoms with Crippen LogP contribution in [0.3, 0.4) is 0 Å². The van der Waals surface area contributed by atoms with Crippen LogP contribution in [-0.4, -0.2) is 64.9 Å². The topological polar surface area (TPSA) is 58.1 Å². The molecule has 2 N–H and O–H groups in total. The minimum atomic E-state index is 0.760. The molecule has 152 valence electrons. The maximum absolute atomic E-state index is 5.36. The number of benzene rings is 1. The number of likely N-dealkylation sites (tertiary alicyclic amines) is 1. The quantitative estimate of drug-likeness (QED) is 0.394. The van der Waals surface area contributed by atoms with E-state index in [9.17, 15) is 0 Å². The van der Waals surface area contributed by atoms with Crippen LogP contribution in [0.2, 0.25) is 0 Å². The number of aliphatic imine (C=N–C) groups is 1. The number of methoxy groups -OCH3 is 2. The predicted octanol–water partition coefficient (Wildman–Crippen LogP) is 2.68. The van der Waals surface area contributed by atoms with Crippen LogP contribution in [0.4, 0.5) is 0 Å². The van der Waals surface area contributed by atoms with Crippen molar-refractivity contribution >= 4 is 5.96 Å². The number of guanidine groups is 1. The third-order valence-electron chi connectivity index (χ3n) is 5.02. The maximum Gasteiger partial charge on any atom is 0.190 e. The highest BCUT2D eigenvalue weighted by molar-refractivity contribution is 5.79. The van der Waals surface area contributed by atoms with Gasteiger partial charge in [-0.3, -0.25) is 4.99 Å². The van der Waals surface area contributed by atoms with Crippen LogP contribution >= 0.6 is 0 Å². The smallest absolute Gasteiger partial charge is 0.190 e. The van der Waals surface area contributed by atoms with Gasteiger partial charge in [0.1, 0.15) is 0 Å². The molecule has 2 rings (SSSR count). The Labute approximate surface area is 164 Å². The van der Waals surface area contributed by atoms with E-state index in [1.54, 1.807) is 14.2 Å². The first-order valence-electron chi connectivity index (χ1n) is 10.1. The Balaban J connectivity index is 1.65. The van der Waals surface area contributed by atoms with Crippen LogP contribution in [0.25, 0.3) is 0 Å². The second-order valence-corrected chi connectivity index (χ2v) is 6.97. The monoisotopic (exact) mass is 376 g/mol. The van der Waals surface area contributed by atoms with Crippen LogP contribution in [0, 0.1) is 0 Å². The molecule has 0 saturated carbocycles. The van der Waals surface area contributed by atoms with E-state index in [4.69, 9.17) is 9.47 Å². The molecule has 1 saturated heterocycles. The fourth-order valence-electron chi connectivity index (χ4n) is 3.45. The number of hydrogen-bond acceptors (Lipinski definition) is 4. The Morgan fingerprint density at radius 2 is 1.70 bits per heavy atom. The molecule has 27 heavy (non-hydrogen) atoms. The first-order valence-corrected chi connectivity index (χ1v) is 10.1. The molecule has 0 amide bonds. The molecule has 6 nitrogen and oxygen atoms in total. The zero-order valence-electron chi connectivity index (χ0n) is 17.2. The van der Waals surface area contributed by atoms with Crippen LogP contribution < -0.4 is 20.1 Å². The van der Waals surface area contributed by atoms with Gasteiger partial charge in [-0.15, -0.1) is 0 Å². The Morgan fingerprint density at radius 3 is 2.37 bits per heavy atom. The zero-order valence-corrected chi connectivity index (χ0v) is 17.2. The molecule has 6 heteroatoms. The van der Waals surface area contributed by atoms with Crippen molar-refractivity contribution in [2.45, 2.75) is 38.5 Å². The molecule has 1 fully saturated rings. The molecule has 1 aromatic carbocycles. The molecule has 1 aliphatic rings. The Kier molecular flexibility index (Phi) is 9.84. The molecule has 1 heterocycles. The van der Waals surface area contributed by atoms with Gasteiger partial charge in [0.15, 0.2) is 17.5 Å².